The summed E-state index contributed by atoms with van der Waals surface area (Å²) in [4.78, 5) is 41.0. The van der Waals surface area contributed by atoms with Crippen molar-refractivity contribution in [3.63, 3.8) is 0 Å². The van der Waals surface area contributed by atoms with Crippen molar-refractivity contribution in [3.05, 3.63) is 94.5 Å². The Labute approximate surface area is 218 Å². The van der Waals surface area contributed by atoms with E-state index in [-0.39, 0.29) is 6.42 Å². The van der Waals surface area contributed by atoms with E-state index >= 15 is 0 Å². The van der Waals surface area contributed by atoms with Gasteiger partial charge in [-0.3, -0.25) is 14.4 Å². The molecule has 2 amide bonds. The van der Waals surface area contributed by atoms with Crippen molar-refractivity contribution in [3.8, 4) is 0 Å². The third-order valence-corrected chi connectivity index (χ3v) is 7.32. The molecular formula is C31H34N2O4. The monoisotopic (exact) mass is 498 g/mol. The first-order chi connectivity index (χ1) is 17.5. The van der Waals surface area contributed by atoms with Crippen LogP contribution in [0.2, 0.25) is 0 Å². The van der Waals surface area contributed by atoms with Crippen molar-refractivity contribution in [1.29, 1.82) is 0 Å². The van der Waals surface area contributed by atoms with Crippen LogP contribution >= 0.6 is 0 Å². The Bertz CT molecular complexity index is 1350. The van der Waals surface area contributed by atoms with E-state index in [4.69, 9.17) is 0 Å². The second-order valence-corrected chi connectivity index (χ2v) is 10.5. The van der Waals surface area contributed by atoms with Crippen LogP contribution in [-0.2, 0) is 14.4 Å². The topological polar surface area (TPSA) is 95.5 Å². The van der Waals surface area contributed by atoms with Crippen LogP contribution in [0.3, 0.4) is 0 Å². The molecule has 4 atom stereocenters. The van der Waals surface area contributed by atoms with Gasteiger partial charge >= 0.3 is 0 Å². The number of benzene rings is 3. The number of Topliss-reactive ketones (excluding diaryl/α,β-unsaturated/α-hetero) is 1. The number of carbonyl (C=O) groups excluding carboxylic acids is 3. The van der Waals surface area contributed by atoms with Crippen LogP contribution in [0.5, 0.6) is 0 Å². The van der Waals surface area contributed by atoms with Gasteiger partial charge in [-0.05, 0) is 74.6 Å². The summed E-state index contributed by atoms with van der Waals surface area (Å²) in [6.45, 7) is 9.15. The Morgan fingerprint density at radius 1 is 0.811 bits per heavy atom. The van der Waals surface area contributed by atoms with Crippen molar-refractivity contribution in [1.82, 2.24) is 0 Å². The van der Waals surface area contributed by atoms with Crippen LogP contribution < -0.4 is 10.6 Å². The van der Waals surface area contributed by atoms with E-state index in [1.807, 2.05) is 82.3 Å². The summed E-state index contributed by atoms with van der Waals surface area (Å²) in [5.74, 6) is -4.33. The number of hydrogen-bond acceptors (Lipinski definition) is 4. The van der Waals surface area contributed by atoms with Crippen LogP contribution in [0, 0.1) is 39.5 Å². The number of amides is 2. The summed E-state index contributed by atoms with van der Waals surface area (Å²) >= 11 is 0. The SMILES string of the molecule is Cc1ccc(C)c(NC(=O)C2C(=O)CC(C)(O)C(C(=O)Nc3cc(C)ccc3C)C2c2ccccc2)c1. The van der Waals surface area contributed by atoms with Gasteiger partial charge in [-0.2, -0.15) is 0 Å². The molecule has 1 fully saturated rings. The van der Waals surface area contributed by atoms with Crippen LogP contribution in [0.25, 0.3) is 0 Å². The highest BCUT2D eigenvalue weighted by Gasteiger charge is 2.55. The summed E-state index contributed by atoms with van der Waals surface area (Å²) in [5, 5.41) is 17.4. The minimum absolute atomic E-state index is 0.299. The van der Waals surface area contributed by atoms with E-state index in [2.05, 4.69) is 10.6 Å². The van der Waals surface area contributed by atoms with Gasteiger partial charge in [0, 0.05) is 23.7 Å². The number of nitrogens with one attached hydrogen (secondary N) is 2. The fourth-order valence-electron chi connectivity index (χ4n) is 5.33. The van der Waals surface area contributed by atoms with Crippen molar-refractivity contribution < 1.29 is 19.5 Å². The summed E-state index contributed by atoms with van der Waals surface area (Å²) in [7, 11) is 0. The molecule has 0 saturated heterocycles. The number of anilines is 2. The normalized spacial score (nSPS) is 23.4. The number of ketones is 1. The maximum atomic E-state index is 13.8. The van der Waals surface area contributed by atoms with E-state index in [0.717, 1.165) is 22.3 Å². The maximum Gasteiger partial charge on any atom is 0.235 e. The minimum atomic E-state index is -1.64. The third kappa shape index (κ3) is 5.49. The lowest BCUT2D eigenvalue weighted by Crippen LogP contribution is -2.56. The van der Waals surface area contributed by atoms with Gasteiger partial charge in [-0.1, -0.05) is 54.6 Å². The zero-order valence-corrected chi connectivity index (χ0v) is 22.0. The fraction of sp³-hybridized carbons (Fsp3) is 0.323. The Morgan fingerprint density at radius 2 is 1.32 bits per heavy atom. The zero-order chi connectivity index (χ0) is 26.9. The smallest absolute Gasteiger partial charge is 0.235 e. The highest BCUT2D eigenvalue weighted by atomic mass is 16.3. The van der Waals surface area contributed by atoms with Gasteiger partial charge in [0.05, 0.1) is 11.5 Å². The fourth-order valence-corrected chi connectivity index (χ4v) is 5.33. The third-order valence-electron chi connectivity index (χ3n) is 7.32. The molecule has 4 rings (SSSR count). The molecule has 3 N–H and O–H groups in total. The quantitative estimate of drug-likeness (QED) is 0.420. The van der Waals surface area contributed by atoms with Crippen molar-refractivity contribution in [2.45, 2.75) is 52.6 Å². The summed E-state index contributed by atoms with van der Waals surface area (Å²) < 4.78 is 0. The van der Waals surface area contributed by atoms with Crippen molar-refractivity contribution >= 4 is 29.0 Å². The molecule has 0 radical (unpaired) electrons. The number of aryl methyl sites for hydroxylation is 4. The average Bonchev–Trinajstić information content (AvgIpc) is 2.83. The van der Waals surface area contributed by atoms with Crippen LogP contribution in [0.4, 0.5) is 11.4 Å². The summed E-state index contributed by atoms with van der Waals surface area (Å²) in [6, 6.07) is 20.5. The average molecular weight is 499 g/mol. The van der Waals surface area contributed by atoms with Gasteiger partial charge in [-0.15, -0.1) is 0 Å². The van der Waals surface area contributed by atoms with Crippen molar-refractivity contribution in [2.24, 2.45) is 11.8 Å². The Hall–Kier alpha value is -3.77. The molecule has 0 aliphatic heterocycles. The maximum absolute atomic E-state index is 13.8. The van der Waals surface area contributed by atoms with Crippen molar-refractivity contribution in [2.75, 3.05) is 10.6 Å². The Kier molecular flexibility index (Phi) is 7.32. The molecular weight excluding hydrogens is 464 g/mol. The predicted molar refractivity (Wildman–Crippen MR) is 146 cm³/mol. The van der Waals surface area contributed by atoms with Gasteiger partial charge in [0.25, 0.3) is 0 Å². The Morgan fingerprint density at radius 3 is 1.86 bits per heavy atom. The molecule has 0 heterocycles. The predicted octanol–water partition coefficient (Wildman–Crippen LogP) is 5.24. The molecule has 0 spiro atoms. The molecule has 3 aromatic rings. The summed E-state index contributed by atoms with van der Waals surface area (Å²) in [6.07, 6.45) is -0.299. The summed E-state index contributed by atoms with van der Waals surface area (Å²) in [5.41, 5.74) is 3.98. The number of rotatable bonds is 5. The van der Waals surface area contributed by atoms with E-state index in [9.17, 15) is 19.5 Å². The van der Waals surface area contributed by atoms with E-state index < -0.39 is 41.0 Å². The Balaban J connectivity index is 1.77. The lowest BCUT2D eigenvalue weighted by molar-refractivity contribution is -0.150. The minimum Gasteiger partial charge on any atom is -0.389 e. The van der Waals surface area contributed by atoms with E-state index in [1.54, 1.807) is 12.1 Å². The standard InChI is InChI=1S/C31H34N2O4/c1-18-11-13-20(3)23(15-18)32-29(35)27-25(34)17-31(5,37)28(26(27)22-9-7-6-8-10-22)30(36)33-24-16-19(2)12-14-21(24)4/h6-16,26-28,37H,17H2,1-5H3,(H,32,35)(H,33,36). The number of aliphatic hydroxyl groups is 1. The highest BCUT2D eigenvalue weighted by Crippen LogP contribution is 2.46. The molecule has 0 aromatic heterocycles. The molecule has 1 aliphatic rings. The first kappa shape index (κ1) is 26.3. The van der Waals surface area contributed by atoms with Gasteiger partial charge in [-0.25, -0.2) is 0 Å². The van der Waals surface area contributed by atoms with Gasteiger partial charge < -0.3 is 15.7 Å². The molecule has 37 heavy (non-hydrogen) atoms. The molecule has 6 heteroatoms. The lowest BCUT2D eigenvalue weighted by atomic mass is 9.61. The molecule has 3 aromatic carbocycles. The largest absolute Gasteiger partial charge is 0.389 e. The van der Waals surface area contributed by atoms with E-state index in [0.29, 0.717) is 16.9 Å². The van der Waals surface area contributed by atoms with Crippen LogP contribution in [-0.4, -0.2) is 28.3 Å². The molecule has 192 valence electrons. The number of hydrogen-bond donors (Lipinski definition) is 3. The second-order valence-electron chi connectivity index (χ2n) is 10.5. The van der Waals surface area contributed by atoms with Gasteiger partial charge in [0.15, 0.2) is 0 Å². The van der Waals surface area contributed by atoms with Gasteiger partial charge in [0.2, 0.25) is 11.8 Å². The molecule has 1 saturated carbocycles. The molecule has 1 aliphatic carbocycles. The first-order valence-electron chi connectivity index (χ1n) is 12.5. The highest BCUT2D eigenvalue weighted by molar-refractivity contribution is 6.10. The lowest BCUT2D eigenvalue weighted by Gasteiger charge is -2.44. The zero-order valence-electron chi connectivity index (χ0n) is 22.0. The van der Waals surface area contributed by atoms with E-state index in [1.165, 1.54) is 6.92 Å². The molecule has 4 unspecified atom stereocenters. The number of carbonyl (C=O) groups is 3. The van der Waals surface area contributed by atoms with Crippen LogP contribution in [0.1, 0.15) is 47.1 Å². The molecule has 0 bridgehead atoms. The first-order valence-corrected chi connectivity index (χ1v) is 12.5. The molecule has 6 nitrogen and oxygen atoms in total. The second kappa shape index (κ2) is 10.3. The van der Waals surface area contributed by atoms with Crippen LogP contribution in [0.15, 0.2) is 66.7 Å². The van der Waals surface area contributed by atoms with Gasteiger partial charge in [0.1, 0.15) is 11.7 Å².